The summed E-state index contributed by atoms with van der Waals surface area (Å²) < 4.78 is 5.41. The van der Waals surface area contributed by atoms with Gasteiger partial charge in [-0.15, -0.1) is 0 Å². The van der Waals surface area contributed by atoms with E-state index >= 15 is 0 Å². The Bertz CT molecular complexity index is 440. The van der Waals surface area contributed by atoms with Crippen LogP contribution in [0, 0.1) is 5.92 Å². The number of hydrogen-bond acceptors (Lipinski definition) is 3. The smallest absolute Gasteiger partial charge is 0.122 e. The normalized spacial score (nSPS) is 27.3. The molecule has 1 N–H and O–H groups in total. The van der Waals surface area contributed by atoms with Crippen molar-refractivity contribution in [2.24, 2.45) is 5.92 Å². The highest BCUT2D eigenvalue weighted by atomic mass is 16.5. The average molecular weight is 261 g/mol. The lowest BCUT2D eigenvalue weighted by Gasteiger charge is -2.33. The molecule has 1 saturated heterocycles. The number of methoxy groups -OCH3 is 1. The molecule has 1 aromatic carbocycles. The van der Waals surface area contributed by atoms with Crippen LogP contribution in [0.15, 0.2) is 18.2 Å². The summed E-state index contributed by atoms with van der Waals surface area (Å²) in [6.45, 7) is 3.44. The van der Waals surface area contributed by atoms with Gasteiger partial charge in [0.05, 0.1) is 13.2 Å². The molecule has 0 radical (unpaired) electrons. The van der Waals surface area contributed by atoms with Crippen molar-refractivity contribution in [1.82, 2.24) is 4.90 Å². The van der Waals surface area contributed by atoms with E-state index in [9.17, 15) is 5.11 Å². The van der Waals surface area contributed by atoms with Gasteiger partial charge in [0.2, 0.25) is 0 Å². The van der Waals surface area contributed by atoms with E-state index in [1.807, 2.05) is 12.1 Å². The number of nitrogens with zero attached hydrogens (tertiary/aromatic N) is 1. The average Bonchev–Trinajstić information content (AvgIpc) is 2.94. The molecule has 1 fully saturated rings. The van der Waals surface area contributed by atoms with Gasteiger partial charge in [0.25, 0.3) is 0 Å². The fraction of sp³-hybridized carbons (Fsp3) is 0.625. The van der Waals surface area contributed by atoms with Gasteiger partial charge in [0, 0.05) is 12.5 Å². The third-order valence-corrected chi connectivity index (χ3v) is 4.61. The Kier molecular flexibility index (Phi) is 3.76. The molecule has 3 heteroatoms. The quantitative estimate of drug-likeness (QED) is 0.907. The molecule has 104 valence electrons. The van der Waals surface area contributed by atoms with Crippen molar-refractivity contribution in [3.8, 4) is 5.75 Å². The largest absolute Gasteiger partial charge is 0.496 e. The van der Waals surface area contributed by atoms with Gasteiger partial charge in [-0.1, -0.05) is 12.1 Å². The summed E-state index contributed by atoms with van der Waals surface area (Å²) in [7, 11) is 1.71. The van der Waals surface area contributed by atoms with Crippen LogP contribution >= 0.6 is 0 Å². The van der Waals surface area contributed by atoms with Crippen LogP contribution in [0.4, 0.5) is 0 Å². The fourth-order valence-corrected chi connectivity index (χ4v) is 3.55. The Labute approximate surface area is 115 Å². The molecule has 1 aliphatic heterocycles. The first kappa shape index (κ1) is 12.9. The third-order valence-electron chi connectivity index (χ3n) is 4.61. The molecule has 3 rings (SSSR count). The minimum atomic E-state index is -0.334. The second-order valence-electron chi connectivity index (χ2n) is 5.78. The predicted molar refractivity (Wildman–Crippen MR) is 75.4 cm³/mol. The Morgan fingerprint density at radius 1 is 1.32 bits per heavy atom. The summed E-state index contributed by atoms with van der Waals surface area (Å²) >= 11 is 0. The predicted octanol–water partition coefficient (Wildman–Crippen LogP) is 2.39. The van der Waals surface area contributed by atoms with E-state index in [1.54, 1.807) is 7.11 Å². The summed E-state index contributed by atoms with van der Waals surface area (Å²) in [6, 6.07) is 6.03. The van der Waals surface area contributed by atoms with Gasteiger partial charge in [0.1, 0.15) is 5.75 Å². The number of hydrogen-bond donors (Lipinski definition) is 1. The minimum absolute atomic E-state index is 0.334. The van der Waals surface area contributed by atoms with Gasteiger partial charge in [-0.25, -0.2) is 0 Å². The Hall–Kier alpha value is -1.06. The molecule has 0 aromatic heterocycles. The van der Waals surface area contributed by atoms with Gasteiger partial charge >= 0.3 is 0 Å². The van der Waals surface area contributed by atoms with Crippen LogP contribution in [-0.4, -0.2) is 36.8 Å². The Balaban J connectivity index is 1.77. The first-order chi connectivity index (χ1) is 9.29. The first-order valence-corrected chi connectivity index (χ1v) is 7.36. The molecule has 0 spiro atoms. The standard InChI is InChI=1S/C16H23NO2/c1-19-15-6-4-5-14-13(15)8-7-12(16(14)18)11-17-9-2-3-10-17/h4-6,12,16,18H,2-3,7-11H2,1H3. The molecule has 0 amide bonds. The minimum Gasteiger partial charge on any atom is -0.496 e. The van der Waals surface area contributed by atoms with E-state index in [4.69, 9.17) is 4.74 Å². The maximum Gasteiger partial charge on any atom is 0.122 e. The van der Waals surface area contributed by atoms with Crippen LogP contribution in [0.5, 0.6) is 5.75 Å². The van der Waals surface area contributed by atoms with Crippen molar-refractivity contribution in [2.45, 2.75) is 31.8 Å². The zero-order valence-electron chi connectivity index (χ0n) is 11.6. The van der Waals surface area contributed by atoms with Gasteiger partial charge in [-0.05, 0) is 56.0 Å². The van der Waals surface area contributed by atoms with Gasteiger partial charge in [-0.3, -0.25) is 0 Å². The summed E-state index contributed by atoms with van der Waals surface area (Å²) in [4.78, 5) is 2.50. The molecule has 2 aliphatic rings. The second-order valence-corrected chi connectivity index (χ2v) is 5.78. The van der Waals surface area contributed by atoms with Crippen molar-refractivity contribution in [2.75, 3.05) is 26.7 Å². The first-order valence-electron chi connectivity index (χ1n) is 7.36. The molecule has 1 aromatic rings. The molecule has 2 atom stereocenters. The zero-order chi connectivity index (χ0) is 13.2. The molecule has 1 heterocycles. The maximum absolute atomic E-state index is 10.6. The molecule has 19 heavy (non-hydrogen) atoms. The number of fused-ring (bicyclic) bond motifs is 1. The number of aliphatic hydroxyl groups is 1. The zero-order valence-corrected chi connectivity index (χ0v) is 11.6. The van der Waals surface area contributed by atoms with Gasteiger partial charge in [-0.2, -0.15) is 0 Å². The number of ether oxygens (including phenoxy) is 1. The van der Waals surface area contributed by atoms with E-state index in [0.29, 0.717) is 5.92 Å². The van der Waals surface area contributed by atoms with Gasteiger partial charge < -0.3 is 14.7 Å². The Morgan fingerprint density at radius 2 is 2.11 bits per heavy atom. The van der Waals surface area contributed by atoms with E-state index < -0.39 is 0 Å². The maximum atomic E-state index is 10.6. The van der Waals surface area contributed by atoms with E-state index in [1.165, 1.54) is 31.5 Å². The van der Waals surface area contributed by atoms with E-state index in [-0.39, 0.29) is 6.10 Å². The number of rotatable bonds is 3. The molecular weight excluding hydrogens is 238 g/mol. The number of likely N-dealkylation sites (tertiary alicyclic amines) is 1. The monoisotopic (exact) mass is 261 g/mol. The highest BCUT2D eigenvalue weighted by molar-refractivity contribution is 5.43. The molecule has 0 bridgehead atoms. The van der Waals surface area contributed by atoms with Crippen molar-refractivity contribution < 1.29 is 9.84 Å². The summed E-state index contributed by atoms with van der Waals surface area (Å²) in [5.74, 6) is 1.30. The van der Waals surface area contributed by atoms with Crippen LogP contribution in [0.25, 0.3) is 0 Å². The van der Waals surface area contributed by atoms with Crippen LogP contribution < -0.4 is 4.74 Å². The SMILES string of the molecule is COc1cccc2c1CCC(CN1CCCC1)C2O. The molecule has 1 aliphatic carbocycles. The van der Waals surface area contributed by atoms with Crippen LogP contribution in [-0.2, 0) is 6.42 Å². The lowest BCUT2D eigenvalue weighted by Crippen LogP contribution is -2.33. The van der Waals surface area contributed by atoms with Crippen molar-refractivity contribution in [3.63, 3.8) is 0 Å². The van der Waals surface area contributed by atoms with Gasteiger partial charge in [0.15, 0.2) is 0 Å². The Morgan fingerprint density at radius 3 is 2.84 bits per heavy atom. The highest BCUT2D eigenvalue weighted by Gasteiger charge is 2.31. The summed E-state index contributed by atoms with van der Waals surface area (Å²) in [5, 5.41) is 10.6. The highest BCUT2D eigenvalue weighted by Crippen LogP contribution is 2.39. The molecular formula is C16H23NO2. The van der Waals surface area contributed by atoms with Crippen molar-refractivity contribution in [3.05, 3.63) is 29.3 Å². The summed E-state index contributed by atoms with van der Waals surface area (Å²) in [6.07, 6.45) is 4.37. The fourth-order valence-electron chi connectivity index (χ4n) is 3.55. The molecule has 0 saturated carbocycles. The third kappa shape index (κ3) is 2.49. The molecule has 2 unspecified atom stereocenters. The van der Waals surface area contributed by atoms with E-state index in [2.05, 4.69) is 11.0 Å². The van der Waals surface area contributed by atoms with Crippen LogP contribution in [0.1, 0.15) is 36.5 Å². The lowest BCUT2D eigenvalue weighted by atomic mass is 9.81. The number of aliphatic hydroxyl groups excluding tert-OH is 1. The van der Waals surface area contributed by atoms with Crippen molar-refractivity contribution in [1.29, 1.82) is 0 Å². The van der Waals surface area contributed by atoms with Crippen LogP contribution in [0.3, 0.4) is 0 Å². The van der Waals surface area contributed by atoms with Crippen LogP contribution in [0.2, 0.25) is 0 Å². The van der Waals surface area contributed by atoms with Crippen molar-refractivity contribution >= 4 is 0 Å². The van der Waals surface area contributed by atoms with E-state index in [0.717, 1.165) is 30.7 Å². The molecule has 3 nitrogen and oxygen atoms in total. The number of benzene rings is 1. The second kappa shape index (κ2) is 5.51. The topological polar surface area (TPSA) is 32.7 Å². The summed E-state index contributed by atoms with van der Waals surface area (Å²) in [5.41, 5.74) is 2.28. The lowest BCUT2D eigenvalue weighted by molar-refractivity contribution is 0.0709.